The molecule has 0 amide bonds. The van der Waals surface area contributed by atoms with Crippen molar-refractivity contribution in [1.82, 2.24) is 10.6 Å². The molecular weight excluding hydrogens is 188 g/mol. The summed E-state index contributed by atoms with van der Waals surface area (Å²) in [6.07, 6.45) is 0.502. The molecule has 0 aliphatic rings. The van der Waals surface area contributed by atoms with Gasteiger partial charge in [-0.2, -0.15) is 0 Å². The van der Waals surface area contributed by atoms with Gasteiger partial charge in [0.05, 0.1) is 12.2 Å². The van der Waals surface area contributed by atoms with Gasteiger partial charge in [-0.25, -0.2) is 0 Å². The zero-order chi connectivity index (χ0) is 11.8. The first-order chi connectivity index (χ1) is 7.02. The fourth-order valence-electron chi connectivity index (χ4n) is 1.55. The van der Waals surface area contributed by atoms with Gasteiger partial charge in [0, 0.05) is 12.1 Å². The molecule has 92 valence electrons. The van der Waals surface area contributed by atoms with E-state index in [0.717, 1.165) is 13.1 Å². The van der Waals surface area contributed by atoms with E-state index in [1.54, 1.807) is 0 Å². The molecule has 4 unspecified atom stereocenters. The Morgan fingerprint density at radius 3 is 1.40 bits per heavy atom. The molecule has 0 spiro atoms. The van der Waals surface area contributed by atoms with Crippen LogP contribution in [0.1, 0.15) is 41.5 Å². The summed E-state index contributed by atoms with van der Waals surface area (Å²) < 4.78 is 5.95. The molecule has 0 saturated carbocycles. The van der Waals surface area contributed by atoms with Gasteiger partial charge in [-0.3, -0.25) is 0 Å². The number of hydrogen-bond acceptors (Lipinski definition) is 3. The van der Waals surface area contributed by atoms with E-state index in [0.29, 0.717) is 12.1 Å². The van der Waals surface area contributed by atoms with Crippen molar-refractivity contribution in [3.63, 3.8) is 0 Å². The largest absolute Gasteiger partial charge is 0.372 e. The second-order valence-electron chi connectivity index (χ2n) is 4.24. The van der Waals surface area contributed by atoms with Gasteiger partial charge in [0.1, 0.15) is 0 Å². The fourth-order valence-corrected chi connectivity index (χ4v) is 1.55. The SMILES string of the molecule is CCNC(C)C(C)OC(C)C(C)NCC. The Bertz CT molecular complexity index is 137. The Labute approximate surface area is 95.0 Å². The van der Waals surface area contributed by atoms with Crippen LogP contribution in [0.5, 0.6) is 0 Å². The lowest BCUT2D eigenvalue weighted by atomic mass is 10.1. The monoisotopic (exact) mass is 216 g/mol. The standard InChI is InChI=1S/C12H28N2O/c1-7-13-9(3)11(5)15-12(6)10(4)14-8-2/h9-14H,7-8H2,1-6H3. The van der Waals surface area contributed by atoms with Crippen LogP contribution in [-0.4, -0.2) is 37.4 Å². The maximum absolute atomic E-state index is 5.95. The highest BCUT2D eigenvalue weighted by Crippen LogP contribution is 2.06. The molecule has 15 heavy (non-hydrogen) atoms. The van der Waals surface area contributed by atoms with Crippen molar-refractivity contribution in [2.24, 2.45) is 0 Å². The van der Waals surface area contributed by atoms with Crippen molar-refractivity contribution in [3.8, 4) is 0 Å². The Kier molecular flexibility index (Phi) is 8.02. The highest BCUT2D eigenvalue weighted by molar-refractivity contribution is 4.73. The fraction of sp³-hybridized carbons (Fsp3) is 1.00. The van der Waals surface area contributed by atoms with E-state index in [9.17, 15) is 0 Å². The molecule has 0 aliphatic heterocycles. The van der Waals surface area contributed by atoms with Crippen LogP contribution in [0.2, 0.25) is 0 Å². The Balaban J connectivity index is 3.88. The van der Waals surface area contributed by atoms with Gasteiger partial charge in [-0.05, 0) is 40.8 Å². The molecule has 0 aliphatic carbocycles. The first-order valence-corrected chi connectivity index (χ1v) is 6.15. The summed E-state index contributed by atoms with van der Waals surface area (Å²) in [5, 5.41) is 6.75. The van der Waals surface area contributed by atoms with Crippen molar-refractivity contribution in [3.05, 3.63) is 0 Å². The molecule has 0 radical (unpaired) electrons. The third kappa shape index (κ3) is 6.13. The molecule has 4 atom stereocenters. The number of nitrogens with one attached hydrogen (secondary N) is 2. The van der Waals surface area contributed by atoms with Gasteiger partial charge in [-0.15, -0.1) is 0 Å². The number of hydrogen-bond donors (Lipinski definition) is 2. The maximum Gasteiger partial charge on any atom is 0.0701 e. The van der Waals surface area contributed by atoms with E-state index in [4.69, 9.17) is 4.74 Å². The Morgan fingerprint density at radius 2 is 1.13 bits per heavy atom. The minimum atomic E-state index is 0.251. The van der Waals surface area contributed by atoms with Gasteiger partial charge >= 0.3 is 0 Å². The summed E-state index contributed by atoms with van der Waals surface area (Å²) in [4.78, 5) is 0. The molecular formula is C12H28N2O. The highest BCUT2D eigenvalue weighted by atomic mass is 16.5. The lowest BCUT2D eigenvalue weighted by Crippen LogP contribution is -2.44. The van der Waals surface area contributed by atoms with Crippen LogP contribution in [0.3, 0.4) is 0 Å². The zero-order valence-corrected chi connectivity index (χ0v) is 11.1. The van der Waals surface area contributed by atoms with E-state index in [1.807, 2.05) is 0 Å². The van der Waals surface area contributed by atoms with E-state index in [2.05, 4.69) is 52.2 Å². The molecule has 3 heteroatoms. The first-order valence-electron chi connectivity index (χ1n) is 6.15. The van der Waals surface area contributed by atoms with Crippen LogP contribution >= 0.6 is 0 Å². The van der Waals surface area contributed by atoms with E-state index in [1.165, 1.54) is 0 Å². The molecule has 0 aromatic heterocycles. The summed E-state index contributed by atoms with van der Waals surface area (Å²) in [6, 6.07) is 0.817. The number of likely N-dealkylation sites (N-methyl/N-ethyl adjacent to an activating group) is 2. The van der Waals surface area contributed by atoms with E-state index in [-0.39, 0.29) is 12.2 Å². The van der Waals surface area contributed by atoms with Gasteiger partial charge < -0.3 is 15.4 Å². The second-order valence-corrected chi connectivity index (χ2v) is 4.24. The average Bonchev–Trinajstić information content (AvgIpc) is 2.18. The normalized spacial score (nSPS) is 19.6. The van der Waals surface area contributed by atoms with Crippen molar-refractivity contribution in [1.29, 1.82) is 0 Å². The lowest BCUT2D eigenvalue weighted by molar-refractivity contribution is -0.0232. The van der Waals surface area contributed by atoms with Gasteiger partial charge in [0.2, 0.25) is 0 Å². The zero-order valence-electron chi connectivity index (χ0n) is 11.1. The molecule has 0 aromatic carbocycles. The molecule has 0 heterocycles. The molecule has 0 saturated heterocycles. The van der Waals surface area contributed by atoms with Crippen LogP contribution in [0.4, 0.5) is 0 Å². The Hall–Kier alpha value is -0.120. The molecule has 3 nitrogen and oxygen atoms in total. The van der Waals surface area contributed by atoms with E-state index < -0.39 is 0 Å². The van der Waals surface area contributed by atoms with Crippen molar-refractivity contribution < 1.29 is 4.74 Å². The number of rotatable bonds is 8. The molecule has 0 bridgehead atoms. The third-order valence-electron chi connectivity index (χ3n) is 2.89. The second kappa shape index (κ2) is 8.08. The van der Waals surface area contributed by atoms with Gasteiger partial charge in [0.25, 0.3) is 0 Å². The number of ether oxygens (including phenoxy) is 1. The summed E-state index contributed by atoms with van der Waals surface area (Å²) in [7, 11) is 0. The van der Waals surface area contributed by atoms with Crippen LogP contribution < -0.4 is 10.6 Å². The molecule has 0 aromatic rings. The quantitative estimate of drug-likeness (QED) is 0.649. The van der Waals surface area contributed by atoms with Crippen molar-refractivity contribution in [2.75, 3.05) is 13.1 Å². The Morgan fingerprint density at radius 1 is 0.800 bits per heavy atom. The minimum Gasteiger partial charge on any atom is -0.372 e. The summed E-state index contributed by atoms with van der Waals surface area (Å²) in [5.74, 6) is 0. The topological polar surface area (TPSA) is 33.3 Å². The van der Waals surface area contributed by atoms with Crippen molar-refractivity contribution in [2.45, 2.75) is 65.8 Å². The minimum absolute atomic E-state index is 0.251. The third-order valence-corrected chi connectivity index (χ3v) is 2.89. The van der Waals surface area contributed by atoms with Crippen molar-refractivity contribution >= 4 is 0 Å². The predicted octanol–water partition coefficient (Wildman–Crippen LogP) is 1.78. The summed E-state index contributed by atoms with van der Waals surface area (Å²) >= 11 is 0. The smallest absolute Gasteiger partial charge is 0.0701 e. The molecule has 0 fully saturated rings. The van der Waals surface area contributed by atoms with Crippen LogP contribution in [-0.2, 0) is 4.74 Å². The maximum atomic E-state index is 5.95. The molecule has 2 N–H and O–H groups in total. The predicted molar refractivity (Wildman–Crippen MR) is 66.3 cm³/mol. The van der Waals surface area contributed by atoms with Crippen LogP contribution in [0, 0.1) is 0 Å². The molecule has 0 rings (SSSR count). The first kappa shape index (κ1) is 14.9. The van der Waals surface area contributed by atoms with Crippen LogP contribution in [0.25, 0.3) is 0 Å². The van der Waals surface area contributed by atoms with Crippen LogP contribution in [0.15, 0.2) is 0 Å². The van der Waals surface area contributed by atoms with Gasteiger partial charge in [-0.1, -0.05) is 13.8 Å². The lowest BCUT2D eigenvalue weighted by Gasteiger charge is -2.28. The average molecular weight is 216 g/mol. The summed E-state index contributed by atoms with van der Waals surface area (Å²) in [6.45, 7) is 14.8. The summed E-state index contributed by atoms with van der Waals surface area (Å²) in [5.41, 5.74) is 0. The highest BCUT2D eigenvalue weighted by Gasteiger charge is 2.18. The van der Waals surface area contributed by atoms with E-state index >= 15 is 0 Å². The van der Waals surface area contributed by atoms with Gasteiger partial charge in [0.15, 0.2) is 0 Å².